The Morgan fingerprint density at radius 1 is 1.19 bits per heavy atom. The predicted octanol–water partition coefficient (Wildman–Crippen LogP) is 3.54. The third-order valence-corrected chi connectivity index (χ3v) is 4.95. The Hall–Kier alpha value is -1.22. The van der Waals surface area contributed by atoms with Crippen LogP contribution >= 0.6 is 24.0 Å². The van der Waals surface area contributed by atoms with E-state index in [1.165, 1.54) is 6.42 Å². The molecular formula is C20H32IN3O3. The Morgan fingerprint density at radius 2 is 1.96 bits per heavy atom. The lowest BCUT2D eigenvalue weighted by Crippen LogP contribution is -2.47. The van der Waals surface area contributed by atoms with Crippen molar-refractivity contribution in [2.24, 2.45) is 16.3 Å². The van der Waals surface area contributed by atoms with E-state index in [1.54, 1.807) is 7.05 Å². The second-order valence-electron chi connectivity index (χ2n) is 8.05. The van der Waals surface area contributed by atoms with E-state index in [1.807, 2.05) is 18.2 Å². The van der Waals surface area contributed by atoms with Gasteiger partial charge >= 0.3 is 0 Å². The number of hydrogen-bond acceptors (Lipinski definition) is 4. The molecule has 0 aliphatic carbocycles. The molecule has 0 amide bonds. The molecule has 2 unspecified atom stereocenters. The summed E-state index contributed by atoms with van der Waals surface area (Å²) in [6, 6.07) is 5.99. The number of aliphatic imine (C=N–C) groups is 1. The van der Waals surface area contributed by atoms with E-state index >= 15 is 0 Å². The van der Waals surface area contributed by atoms with Gasteiger partial charge in [0.2, 0.25) is 6.79 Å². The van der Waals surface area contributed by atoms with E-state index in [2.05, 4.69) is 36.4 Å². The molecular weight excluding hydrogens is 457 g/mol. The second-order valence-corrected chi connectivity index (χ2v) is 8.05. The Kier molecular flexibility index (Phi) is 8.03. The van der Waals surface area contributed by atoms with Crippen molar-refractivity contribution in [3.05, 3.63) is 23.8 Å². The number of hydrogen-bond donors (Lipinski definition) is 2. The first-order chi connectivity index (χ1) is 12.5. The molecule has 0 spiro atoms. The van der Waals surface area contributed by atoms with Crippen LogP contribution in [0.1, 0.15) is 39.2 Å². The zero-order valence-electron chi connectivity index (χ0n) is 16.7. The highest BCUT2D eigenvalue weighted by Crippen LogP contribution is 2.34. The topological polar surface area (TPSA) is 64.1 Å². The largest absolute Gasteiger partial charge is 0.454 e. The van der Waals surface area contributed by atoms with Crippen LogP contribution in [0.25, 0.3) is 0 Å². The summed E-state index contributed by atoms with van der Waals surface area (Å²) in [5.41, 5.74) is 1.28. The highest BCUT2D eigenvalue weighted by molar-refractivity contribution is 14.0. The van der Waals surface area contributed by atoms with Gasteiger partial charge in [0.15, 0.2) is 17.5 Å². The maximum atomic E-state index is 6.07. The van der Waals surface area contributed by atoms with Crippen LogP contribution in [0.3, 0.4) is 0 Å². The van der Waals surface area contributed by atoms with Crippen molar-refractivity contribution >= 4 is 29.9 Å². The van der Waals surface area contributed by atoms with Gasteiger partial charge in [-0.3, -0.25) is 4.99 Å². The number of guanidine groups is 1. The minimum Gasteiger partial charge on any atom is -0.454 e. The molecule has 1 aromatic carbocycles. The molecule has 2 aliphatic heterocycles. The minimum atomic E-state index is 0. The van der Waals surface area contributed by atoms with Gasteiger partial charge in [0.25, 0.3) is 0 Å². The van der Waals surface area contributed by atoms with E-state index < -0.39 is 0 Å². The van der Waals surface area contributed by atoms with Crippen molar-refractivity contribution in [3.8, 4) is 11.5 Å². The summed E-state index contributed by atoms with van der Waals surface area (Å²) in [5.74, 6) is 2.91. The lowest BCUT2D eigenvalue weighted by Gasteiger charge is -2.40. The van der Waals surface area contributed by atoms with E-state index in [0.29, 0.717) is 19.3 Å². The van der Waals surface area contributed by atoms with Crippen LogP contribution < -0.4 is 20.1 Å². The van der Waals surface area contributed by atoms with Gasteiger partial charge in [-0.2, -0.15) is 0 Å². The van der Waals surface area contributed by atoms with Crippen LogP contribution in [0.5, 0.6) is 11.5 Å². The summed E-state index contributed by atoms with van der Waals surface area (Å²) >= 11 is 0. The average molecular weight is 489 g/mol. The Balaban J connectivity index is 0.00000261. The van der Waals surface area contributed by atoms with Crippen LogP contribution in [0, 0.1) is 11.3 Å². The molecule has 2 heterocycles. The van der Waals surface area contributed by atoms with Crippen LogP contribution in [-0.4, -0.2) is 39.1 Å². The molecule has 3 rings (SSSR count). The van der Waals surface area contributed by atoms with E-state index in [0.717, 1.165) is 42.6 Å². The van der Waals surface area contributed by atoms with Gasteiger partial charge in [-0.25, -0.2) is 0 Å². The number of nitrogens with one attached hydrogen (secondary N) is 2. The first-order valence-electron chi connectivity index (χ1n) is 9.42. The van der Waals surface area contributed by atoms with E-state index in [-0.39, 0.29) is 35.5 Å². The Bertz CT molecular complexity index is 646. The fraction of sp³-hybridized carbons (Fsp3) is 0.650. The van der Waals surface area contributed by atoms with E-state index in [4.69, 9.17) is 14.2 Å². The molecule has 0 aromatic heterocycles. The molecule has 2 N–H and O–H groups in total. The fourth-order valence-electron chi connectivity index (χ4n) is 3.69. The molecule has 0 radical (unpaired) electrons. The molecule has 6 nitrogen and oxygen atoms in total. The zero-order valence-corrected chi connectivity index (χ0v) is 19.0. The Morgan fingerprint density at radius 3 is 2.70 bits per heavy atom. The van der Waals surface area contributed by atoms with Gasteiger partial charge in [0.1, 0.15) is 0 Å². The van der Waals surface area contributed by atoms with Crippen molar-refractivity contribution in [3.63, 3.8) is 0 Å². The van der Waals surface area contributed by atoms with Gasteiger partial charge in [0.05, 0.1) is 6.10 Å². The first kappa shape index (κ1) is 22.1. The van der Waals surface area contributed by atoms with Crippen LogP contribution in [-0.2, 0) is 11.3 Å². The summed E-state index contributed by atoms with van der Waals surface area (Å²) in [6.07, 6.45) is 2.59. The molecule has 2 aliphatic rings. The summed E-state index contributed by atoms with van der Waals surface area (Å²) in [5, 5.41) is 6.84. The van der Waals surface area contributed by atoms with Gasteiger partial charge in [-0.1, -0.05) is 26.8 Å². The zero-order chi connectivity index (χ0) is 18.6. The number of rotatable bonds is 4. The summed E-state index contributed by atoms with van der Waals surface area (Å²) in [6.45, 7) is 9.47. The number of ether oxygens (including phenoxy) is 3. The molecule has 27 heavy (non-hydrogen) atoms. The summed E-state index contributed by atoms with van der Waals surface area (Å²) in [7, 11) is 1.80. The van der Waals surface area contributed by atoms with Crippen molar-refractivity contribution in [1.82, 2.24) is 10.6 Å². The van der Waals surface area contributed by atoms with Gasteiger partial charge in [-0.05, 0) is 36.0 Å². The van der Waals surface area contributed by atoms with Crippen molar-refractivity contribution in [2.45, 2.75) is 46.3 Å². The third kappa shape index (κ3) is 5.88. The maximum Gasteiger partial charge on any atom is 0.231 e. The smallest absolute Gasteiger partial charge is 0.231 e. The average Bonchev–Trinajstić information content (AvgIpc) is 3.09. The summed E-state index contributed by atoms with van der Waals surface area (Å²) < 4.78 is 16.9. The van der Waals surface area contributed by atoms with Gasteiger partial charge < -0.3 is 24.8 Å². The highest BCUT2D eigenvalue weighted by atomic mass is 127. The third-order valence-electron chi connectivity index (χ3n) is 4.95. The van der Waals surface area contributed by atoms with E-state index in [9.17, 15) is 0 Å². The fourth-order valence-corrected chi connectivity index (χ4v) is 3.69. The molecule has 1 fully saturated rings. The van der Waals surface area contributed by atoms with Crippen LogP contribution in [0.4, 0.5) is 0 Å². The lowest BCUT2D eigenvalue weighted by molar-refractivity contribution is -0.0835. The van der Waals surface area contributed by atoms with Crippen molar-refractivity contribution < 1.29 is 14.2 Å². The van der Waals surface area contributed by atoms with Crippen LogP contribution in [0.2, 0.25) is 0 Å². The monoisotopic (exact) mass is 489 g/mol. The van der Waals surface area contributed by atoms with Crippen LogP contribution in [0.15, 0.2) is 23.2 Å². The molecule has 0 bridgehead atoms. The number of halogens is 1. The molecule has 0 saturated carbocycles. The highest BCUT2D eigenvalue weighted by Gasteiger charge is 2.35. The predicted molar refractivity (Wildman–Crippen MR) is 118 cm³/mol. The SMILES string of the molecule is CN=C(NCc1ccc2c(c1)OCO2)NCC1CCCOC1C(C)(C)C.I. The minimum absolute atomic E-state index is 0. The Labute approximate surface area is 179 Å². The number of benzene rings is 1. The normalized spacial score (nSPS) is 22.1. The lowest BCUT2D eigenvalue weighted by atomic mass is 9.78. The number of nitrogens with zero attached hydrogens (tertiary/aromatic N) is 1. The number of fused-ring (bicyclic) bond motifs is 1. The molecule has 1 aromatic rings. The van der Waals surface area contributed by atoms with Crippen molar-refractivity contribution in [1.29, 1.82) is 0 Å². The standard InChI is InChI=1S/C20H31N3O3.HI/c1-20(2,3)18-15(6-5-9-24-18)12-23-19(21-4)22-11-14-7-8-16-17(10-14)26-13-25-16;/h7-8,10,15,18H,5-6,9,11-13H2,1-4H3,(H2,21,22,23);1H. The quantitative estimate of drug-likeness (QED) is 0.385. The van der Waals surface area contributed by atoms with Gasteiger partial charge in [0, 0.05) is 32.7 Å². The molecule has 2 atom stereocenters. The first-order valence-corrected chi connectivity index (χ1v) is 9.42. The molecule has 152 valence electrons. The van der Waals surface area contributed by atoms with Gasteiger partial charge in [-0.15, -0.1) is 24.0 Å². The molecule has 1 saturated heterocycles. The second kappa shape index (κ2) is 9.82. The maximum absolute atomic E-state index is 6.07. The van der Waals surface area contributed by atoms with Crippen molar-refractivity contribution in [2.75, 3.05) is 27.0 Å². The summed E-state index contributed by atoms with van der Waals surface area (Å²) in [4.78, 5) is 4.34. The molecule has 7 heteroatoms.